The van der Waals surface area contributed by atoms with Crippen molar-refractivity contribution in [2.75, 3.05) is 4.90 Å². The second-order valence-electron chi connectivity index (χ2n) is 16.0. The molecule has 1 spiro atoms. The second kappa shape index (κ2) is 14.4. The smallest absolute Gasteiger partial charge is 0.0735 e. The minimum absolute atomic E-state index is 0.451. The van der Waals surface area contributed by atoms with E-state index in [-0.39, 0.29) is 0 Å². The molecule has 0 aromatic heterocycles. The van der Waals surface area contributed by atoms with Crippen molar-refractivity contribution in [3.63, 3.8) is 0 Å². The van der Waals surface area contributed by atoms with E-state index in [0.717, 1.165) is 17.1 Å². The lowest BCUT2D eigenvalue weighted by molar-refractivity contribution is 0.723. The highest BCUT2D eigenvalue weighted by molar-refractivity contribution is 7.99. The van der Waals surface area contributed by atoms with Gasteiger partial charge in [-0.05, 0) is 121 Å². The standard InChI is InChI=1S/C59H39NS/c1-3-15-40(16-4-1)41-27-33-46(34-28-41)60(55-25-13-10-20-48(55)43-17-5-2-6-18-43)47-35-29-42(30-36-47)45-32-38-57-54(39-45)59(52-24-12-14-26-56(52)61-57)51-23-11-9-22-50(51)58-49-21-8-7-19-44(49)31-37-53(58)59/h1-39H. The highest BCUT2D eigenvalue weighted by atomic mass is 32.2. The molecule has 1 nitrogen and oxygen atoms in total. The van der Waals surface area contributed by atoms with Crippen LogP contribution in [0.4, 0.5) is 17.1 Å². The van der Waals surface area contributed by atoms with Crippen LogP contribution in [0.1, 0.15) is 22.3 Å². The van der Waals surface area contributed by atoms with Gasteiger partial charge in [-0.2, -0.15) is 0 Å². The number of fused-ring (bicyclic) bond motifs is 11. The van der Waals surface area contributed by atoms with Crippen molar-refractivity contribution in [3.05, 3.63) is 259 Å². The van der Waals surface area contributed by atoms with Crippen LogP contribution in [0.15, 0.2) is 246 Å². The lowest BCUT2D eigenvalue weighted by Gasteiger charge is -2.40. The number of rotatable bonds is 6. The minimum atomic E-state index is -0.451. The molecule has 2 aliphatic rings. The first kappa shape index (κ1) is 35.5. The highest BCUT2D eigenvalue weighted by Crippen LogP contribution is 2.63. The first-order chi connectivity index (χ1) is 30.3. The van der Waals surface area contributed by atoms with Crippen molar-refractivity contribution in [3.8, 4) is 44.5 Å². The Morgan fingerprint density at radius 1 is 0.328 bits per heavy atom. The summed E-state index contributed by atoms with van der Waals surface area (Å²) in [4.78, 5) is 5.01. The van der Waals surface area contributed by atoms with Crippen molar-refractivity contribution in [1.29, 1.82) is 0 Å². The van der Waals surface area contributed by atoms with E-state index in [4.69, 9.17) is 0 Å². The van der Waals surface area contributed by atoms with E-state index >= 15 is 0 Å². The lowest BCUT2D eigenvalue weighted by Crippen LogP contribution is -2.32. The molecule has 0 N–H and O–H groups in total. The van der Waals surface area contributed by atoms with Crippen LogP contribution in [0.5, 0.6) is 0 Å². The molecule has 1 heterocycles. The zero-order chi connectivity index (χ0) is 40.3. The molecule has 61 heavy (non-hydrogen) atoms. The van der Waals surface area contributed by atoms with Crippen LogP contribution >= 0.6 is 11.8 Å². The Hall–Kier alpha value is -7.39. The highest BCUT2D eigenvalue weighted by Gasteiger charge is 2.50. The number of hydrogen-bond acceptors (Lipinski definition) is 2. The number of anilines is 3. The average molecular weight is 794 g/mol. The molecule has 0 fully saturated rings. The molecular weight excluding hydrogens is 755 g/mol. The van der Waals surface area contributed by atoms with Crippen molar-refractivity contribution in [1.82, 2.24) is 0 Å². The molecule has 0 amide bonds. The first-order valence-electron chi connectivity index (χ1n) is 21.0. The Labute approximate surface area is 361 Å². The van der Waals surface area contributed by atoms with E-state index in [0.29, 0.717) is 0 Å². The number of para-hydroxylation sites is 1. The second-order valence-corrected chi connectivity index (χ2v) is 17.1. The molecule has 10 aromatic carbocycles. The van der Waals surface area contributed by atoms with Crippen LogP contribution in [0.3, 0.4) is 0 Å². The van der Waals surface area contributed by atoms with Gasteiger partial charge >= 0.3 is 0 Å². The van der Waals surface area contributed by atoms with Crippen molar-refractivity contribution >= 4 is 39.6 Å². The summed E-state index contributed by atoms with van der Waals surface area (Å²) < 4.78 is 0. The van der Waals surface area contributed by atoms with Gasteiger partial charge in [0.05, 0.1) is 11.1 Å². The summed E-state index contributed by atoms with van der Waals surface area (Å²) in [5.41, 5.74) is 18.1. The Balaban J connectivity index is 1.01. The SMILES string of the molecule is c1ccc(-c2ccc(N(c3ccc(-c4ccc5c(c4)C4(c6ccccc6S5)c5ccccc5-c5c4ccc4ccccc54)cc3)c3ccccc3-c3ccccc3)cc2)cc1. The van der Waals surface area contributed by atoms with Crippen LogP contribution in [0, 0.1) is 0 Å². The molecule has 0 saturated carbocycles. The molecule has 1 aliphatic carbocycles. The van der Waals surface area contributed by atoms with Crippen molar-refractivity contribution < 1.29 is 0 Å². The average Bonchev–Trinajstić information content (AvgIpc) is 3.64. The Morgan fingerprint density at radius 2 is 0.869 bits per heavy atom. The largest absolute Gasteiger partial charge is 0.310 e. The van der Waals surface area contributed by atoms with Gasteiger partial charge in [0.15, 0.2) is 0 Å². The van der Waals surface area contributed by atoms with Crippen molar-refractivity contribution in [2.45, 2.75) is 15.2 Å². The third-order valence-electron chi connectivity index (χ3n) is 12.7. The number of benzene rings is 10. The fourth-order valence-electron chi connectivity index (χ4n) is 10.0. The molecule has 1 unspecified atom stereocenters. The summed E-state index contributed by atoms with van der Waals surface area (Å²) in [5, 5.41) is 2.58. The maximum Gasteiger partial charge on any atom is 0.0735 e. The summed E-state index contributed by atoms with van der Waals surface area (Å²) in [6.45, 7) is 0. The Kier molecular flexibility index (Phi) is 8.40. The van der Waals surface area contributed by atoms with E-state index in [9.17, 15) is 0 Å². The van der Waals surface area contributed by atoms with Gasteiger partial charge in [0.2, 0.25) is 0 Å². The van der Waals surface area contributed by atoms with Crippen LogP contribution in [0.25, 0.3) is 55.3 Å². The zero-order valence-corrected chi connectivity index (χ0v) is 34.2. The summed E-state index contributed by atoms with van der Waals surface area (Å²) in [5.74, 6) is 0. The molecule has 2 heteroatoms. The normalized spacial score (nSPS) is 14.6. The first-order valence-corrected chi connectivity index (χ1v) is 21.8. The fourth-order valence-corrected chi connectivity index (χ4v) is 11.2. The predicted molar refractivity (Wildman–Crippen MR) is 256 cm³/mol. The molecule has 12 rings (SSSR count). The summed E-state index contributed by atoms with van der Waals surface area (Å²) in [6.07, 6.45) is 0. The van der Waals surface area contributed by atoms with E-state index in [1.165, 1.54) is 87.3 Å². The molecule has 10 aromatic rings. The molecular formula is C59H39NS. The van der Waals surface area contributed by atoms with E-state index < -0.39 is 5.41 Å². The third kappa shape index (κ3) is 5.64. The summed E-state index contributed by atoms with van der Waals surface area (Å²) in [7, 11) is 0. The quantitative estimate of drug-likeness (QED) is 0.165. The topological polar surface area (TPSA) is 3.24 Å². The van der Waals surface area contributed by atoms with E-state index in [1.807, 2.05) is 11.8 Å². The van der Waals surface area contributed by atoms with Gasteiger partial charge in [0.1, 0.15) is 0 Å². The molecule has 0 radical (unpaired) electrons. The monoisotopic (exact) mass is 793 g/mol. The Morgan fingerprint density at radius 3 is 1.62 bits per heavy atom. The molecule has 286 valence electrons. The van der Waals surface area contributed by atoms with Gasteiger partial charge in [-0.1, -0.05) is 200 Å². The van der Waals surface area contributed by atoms with Gasteiger partial charge in [0, 0.05) is 26.7 Å². The van der Waals surface area contributed by atoms with Crippen molar-refractivity contribution in [2.24, 2.45) is 0 Å². The number of hydrogen-bond donors (Lipinski definition) is 0. The van der Waals surface area contributed by atoms with Gasteiger partial charge in [-0.3, -0.25) is 0 Å². The summed E-state index contributed by atoms with van der Waals surface area (Å²) >= 11 is 1.89. The summed E-state index contributed by atoms with van der Waals surface area (Å²) in [6, 6.07) is 87.1. The van der Waals surface area contributed by atoms with Crippen LogP contribution in [-0.2, 0) is 5.41 Å². The fraction of sp³-hybridized carbons (Fsp3) is 0.0169. The predicted octanol–water partition coefficient (Wildman–Crippen LogP) is 16.1. The molecule has 1 aliphatic heterocycles. The third-order valence-corrected chi connectivity index (χ3v) is 13.9. The zero-order valence-electron chi connectivity index (χ0n) is 33.4. The van der Waals surface area contributed by atoms with Gasteiger partial charge in [-0.15, -0.1) is 0 Å². The number of nitrogens with zero attached hydrogens (tertiary/aromatic N) is 1. The molecule has 0 saturated heterocycles. The van der Waals surface area contributed by atoms with Crippen LogP contribution in [0.2, 0.25) is 0 Å². The van der Waals surface area contributed by atoms with Crippen LogP contribution in [-0.4, -0.2) is 0 Å². The van der Waals surface area contributed by atoms with Gasteiger partial charge in [0.25, 0.3) is 0 Å². The van der Waals surface area contributed by atoms with E-state index in [2.05, 4.69) is 241 Å². The maximum atomic E-state index is 2.49. The lowest BCUT2D eigenvalue weighted by atomic mass is 9.67. The van der Waals surface area contributed by atoms with E-state index in [1.54, 1.807) is 0 Å². The molecule has 0 bridgehead atoms. The minimum Gasteiger partial charge on any atom is -0.310 e. The van der Waals surface area contributed by atoms with Crippen LogP contribution < -0.4 is 4.90 Å². The Bertz CT molecular complexity index is 3260. The molecule has 1 atom stereocenters. The maximum absolute atomic E-state index is 2.49. The van der Waals surface area contributed by atoms with Gasteiger partial charge in [-0.25, -0.2) is 0 Å². The van der Waals surface area contributed by atoms with Gasteiger partial charge < -0.3 is 4.90 Å².